The molecule has 1 fully saturated rings. The van der Waals surface area contributed by atoms with E-state index in [0.717, 1.165) is 12.1 Å². The molecule has 5 aromatic carbocycles. The van der Waals surface area contributed by atoms with Gasteiger partial charge < -0.3 is 88.3 Å². The van der Waals surface area contributed by atoms with Crippen molar-refractivity contribution in [2.24, 2.45) is 0 Å². The van der Waals surface area contributed by atoms with Gasteiger partial charge in [-0.15, -0.1) is 0 Å². The van der Waals surface area contributed by atoms with Gasteiger partial charge in [-0.25, -0.2) is 4.79 Å². The van der Waals surface area contributed by atoms with Crippen molar-refractivity contribution in [1.82, 2.24) is 0 Å². The fraction of sp³-hybridized carbons (Fsp3) is 0.216. The van der Waals surface area contributed by atoms with E-state index in [1.54, 1.807) is 12.1 Å². The SMILES string of the molecule is COc1cc(-c2oc3cc(=[OH+])cc4oc(/C=C/c5c(O)cc(O)c6c5OC(c5ccc(O)c(O)c5)C(O)C6)cc(c2OC2OC(COC(=O)/C=C/c5ccc(O)cc5)C(O)C(O)C2O)c43)cc(OC)c1O. The second-order valence-corrected chi connectivity index (χ2v) is 16.6. The van der Waals surface area contributed by atoms with E-state index in [-0.39, 0.29) is 108 Å². The smallest absolute Gasteiger partial charge is 0.347 e. The van der Waals surface area contributed by atoms with Gasteiger partial charge in [0.1, 0.15) is 77.1 Å². The van der Waals surface area contributed by atoms with E-state index in [2.05, 4.69) is 0 Å². The van der Waals surface area contributed by atoms with Crippen LogP contribution in [-0.4, -0.2) is 119 Å². The minimum Gasteiger partial charge on any atom is -0.508 e. The molecule has 7 aromatic rings. The number of carbonyl (C=O) groups excluding carboxylic acids is 1. The highest BCUT2D eigenvalue weighted by Crippen LogP contribution is 2.49. The zero-order valence-electron chi connectivity index (χ0n) is 37.4. The minimum atomic E-state index is -1.95. The lowest BCUT2D eigenvalue weighted by molar-refractivity contribution is -0.278. The van der Waals surface area contributed by atoms with Gasteiger partial charge in [-0.3, -0.25) is 4.79 Å². The van der Waals surface area contributed by atoms with E-state index in [9.17, 15) is 60.7 Å². The first-order valence-electron chi connectivity index (χ1n) is 21.7. The van der Waals surface area contributed by atoms with Gasteiger partial charge in [0.2, 0.25) is 12.0 Å². The molecule has 7 unspecified atom stereocenters. The summed E-state index contributed by atoms with van der Waals surface area (Å²) in [5.74, 6) is -3.42. The second kappa shape index (κ2) is 19.2. The van der Waals surface area contributed by atoms with Gasteiger partial charge in [-0.05, 0) is 71.8 Å². The van der Waals surface area contributed by atoms with Gasteiger partial charge >= 0.3 is 11.4 Å². The zero-order valence-corrected chi connectivity index (χ0v) is 37.4. The van der Waals surface area contributed by atoms with Gasteiger partial charge in [0, 0.05) is 35.1 Å². The van der Waals surface area contributed by atoms with Crippen molar-refractivity contribution in [3.63, 3.8) is 0 Å². The maximum atomic E-state index is 12.7. The first kappa shape index (κ1) is 47.7. The summed E-state index contributed by atoms with van der Waals surface area (Å²) < 4.78 is 47.5. The molecule has 1 saturated heterocycles. The lowest BCUT2D eigenvalue weighted by Gasteiger charge is -2.40. The Bertz CT molecular complexity index is 3270. The van der Waals surface area contributed by atoms with E-state index in [1.165, 1.54) is 93.1 Å². The molecule has 7 atom stereocenters. The highest BCUT2D eigenvalue weighted by molar-refractivity contribution is 6.10. The molecule has 71 heavy (non-hydrogen) atoms. The van der Waals surface area contributed by atoms with Crippen LogP contribution in [0.15, 0.2) is 93.8 Å². The van der Waals surface area contributed by atoms with Gasteiger partial charge in [-0.1, -0.05) is 18.2 Å². The number of aliphatic hydroxyl groups is 4. The fourth-order valence-electron chi connectivity index (χ4n) is 8.35. The van der Waals surface area contributed by atoms with E-state index in [4.69, 9.17) is 37.3 Å². The molecule has 368 valence electrons. The van der Waals surface area contributed by atoms with Crippen LogP contribution in [0.1, 0.15) is 34.1 Å². The third-order valence-corrected chi connectivity index (χ3v) is 12.0. The maximum absolute atomic E-state index is 12.7. The van der Waals surface area contributed by atoms with Gasteiger partial charge in [0.05, 0.1) is 43.4 Å². The summed E-state index contributed by atoms with van der Waals surface area (Å²) in [6.07, 6.45) is -6.19. The first-order valence-corrected chi connectivity index (χ1v) is 21.7. The van der Waals surface area contributed by atoms with Crippen molar-refractivity contribution in [2.45, 2.75) is 49.3 Å². The minimum absolute atomic E-state index is 0.00686. The topological polar surface area (TPSA) is 322 Å². The maximum Gasteiger partial charge on any atom is 0.347 e. The molecule has 20 heteroatoms. The summed E-state index contributed by atoms with van der Waals surface area (Å²) in [6, 6.07) is 17.7. The molecule has 20 nitrogen and oxygen atoms in total. The summed E-state index contributed by atoms with van der Waals surface area (Å²) >= 11 is 0. The molecule has 0 spiro atoms. The summed E-state index contributed by atoms with van der Waals surface area (Å²) in [4.78, 5) is 23.7. The lowest BCUT2D eigenvalue weighted by atomic mass is 9.92. The Morgan fingerprint density at radius 1 is 0.746 bits per heavy atom. The van der Waals surface area contributed by atoms with Crippen LogP contribution < -0.4 is 24.4 Å². The van der Waals surface area contributed by atoms with Gasteiger partial charge in [0.15, 0.2) is 34.5 Å². The van der Waals surface area contributed by atoms with Crippen molar-refractivity contribution < 1.29 is 97.9 Å². The number of esters is 1. The lowest BCUT2D eigenvalue weighted by Crippen LogP contribution is -2.60. The summed E-state index contributed by atoms with van der Waals surface area (Å²) in [5, 5.41) is 108. The van der Waals surface area contributed by atoms with Crippen LogP contribution in [0.2, 0.25) is 0 Å². The molecule has 0 aliphatic carbocycles. The molecule has 11 N–H and O–H groups in total. The number of phenolic OH excluding ortho intramolecular Hbond substituents is 6. The molecule has 0 radical (unpaired) electrons. The fourth-order valence-corrected chi connectivity index (χ4v) is 8.35. The molecule has 4 heterocycles. The highest BCUT2D eigenvalue weighted by atomic mass is 16.7. The molecule has 2 aliphatic heterocycles. The van der Waals surface area contributed by atoms with Gasteiger partial charge in [0.25, 0.3) is 0 Å². The Balaban J connectivity index is 1.14. The molecule has 0 saturated carbocycles. The second-order valence-electron chi connectivity index (χ2n) is 16.6. The Kier molecular flexibility index (Phi) is 12.9. The van der Waals surface area contributed by atoms with Crippen LogP contribution in [-0.2, 0) is 20.7 Å². The number of aliphatic hydroxyl groups excluding tert-OH is 4. The number of hydrogen-bond acceptors (Lipinski definition) is 19. The monoisotopic (exact) mass is 977 g/mol. The van der Waals surface area contributed by atoms with Crippen LogP contribution in [0.5, 0.6) is 57.5 Å². The molecular formula is C51H45O20+. The number of ether oxygens (including phenoxy) is 6. The highest BCUT2D eigenvalue weighted by Gasteiger charge is 2.46. The molecule has 0 bridgehead atoms. The van der Waals surface area contributed by atoms with Gasteiger partial charge in [-0.2, -0.15) is 0 Å². The Morgan fingerprint density at radius 3 is 2.14 bits per heavy atom. The van der Waals surface area contributed by atoms with Crippen molar-refractivity contribution in [1.29, 1.82) is 0 Å². The Labute approximate surface area is 400 Å². The average Bonchev–Trinajstić information content (AvgIpc) is 3.34. The van der Waals surface area contributed by atoms with Crippen molar-refractivity contribution >= 4 is 46.1 Å². The number of fused-ring (bicyclic) bond motifs is 1. The molecule has 2 aliphatic rings. The normalized spacial score (nSPS) is 21.1. The molecular weight excluding hydrogens is 933 g/mol. The first-order chi connectivity index (χ1) is 34.0. The van der Waals surface area contributed by atoms with Crippen LogP contribution in [0.4, 0.5) is 0 Å². The average molecular weight is 978 g/mol. The van der Waals surface area contributed by atoms with E-state index >= 15 is 0 Å². The quantitative estimate of drug-likeness (QED) is 0.0342. The number of carbonyl (C=O) groups is 1. The van der Waals surface area contributed by atoms with Crippen LogP contribution in [0.3, 0.4) is 0 Å². The van der Waals surface area contributed by atoms with Crippen molar-refractivity contribution in [3.8, 4) is 68.8 Å². The number of aromatic hydroxyl groups is 6. The molecule has 9 rings (SSSR count). The Morgan fingerprint density at radius 2 is 1.45 bits per heavy atom. The standard InChI is InChI=1S/C51H44O20/c1-64-38-14-24(15-39(65-2)43(38)60)48-50(71-51-46(63)45(62)44(61)40(69-51)21-66-41(59)12-5-22-3-7-25(52)8-4-22)30-18-27(67-36-16-26(53)17-37(68-48)42(30)36)9-10-28-32(55)20-33(56)29-19-35(58)47(70-49(28)29)23-6-11-31(54)34(57)13-23/h3-18,20,35,40,44-47,51-52,54-58,60-63H,19,21H2,1-2H3/p+1/b10-9+,12-5+. The predicted molar refractivity (Wildman–Crippen MR) is 248 cm³/mol. The third kappa shape index (κ3) is 9.27. The summed E-state index contributed by atoms with van der Waals surface area (Å²) in [6.45, 7) is -0.627. The number of hydrogen-bond donors (Lipinski definition) is 10. The molecule has 0 amide bonds. The van der Waals surface area contributed by atoms with E-state index in [1.807, 2.05) is 0 Å². The number of methoxy groups -OCH3 is 2. The third-order valence-electron chi connectivity index (χ3n) is 12.0. The van der Waals surface area contributed by atoms with E-state index in [0.29, 0.717) is 5.56 Å². The zero-order chi connectivity index (χ0) is 50.4. The van der Waals surface area contributed by atoms with Crippen LogP contribution >= 0.6 is 0 Å². The van der Waals surface area contributed by atoms with Crippen LogP contribution in [0, 0.1) is 0 Å². The Hall–Kier alpha value is -8.40. The van der Waals surface area contributed by atoms with E-state index < -0.39 is 72.7 Å². The summed E-state index contributed by atoms with van der Waals surface area (Å²) in [7, 11) is 2.59. The van der Waals surface area contributed by atoms with Crippen LogP contribution in [0.25, 0.3) is 51.5 Å². The number of phenols is 6. The molecule has 2 aromatic heterocycles. The summed E-state index contributed by atoms with van der Waals surface area (Å²) in [5.41, 5.74) is 0.866. The number of rotatable bonds is 12. The van der Waals surface area contributed by atoms with Crippen molar-refractivity contribution in [2.75, 3.05) is 20.8 Å². The van der Waals surface area contributed by atoms with Crippen molar-refractivity contribution in [3.05, 3.63) is 118 Å². The number of benzene rings is 5. The predicted octanol–water partition coefficient (Wildman–Crippen LogP) is 4.75. The largest absolute Gasteiger partial charge is 0.508 e.